The van der Waals surface area contributed by atoms with Gasteiger partial charge < -0.3 is 10.1 Å². The average Bonchev–Trinajstić information content (AvgIpc) is 2.74. The van der Waals surface area contributed by atoms with Crippen molar-refractivity contribution < 1.29 is 14.5 Å². The van der Waals surface area contributed by atoms with Gasteiger partial charge in [0, 0.05) is 51.9 Å². The zero-order valence-corrected chi connectivity index (χ0v) is 16.3. The van der Waals surface area contributed by atoms with Crippen molar-refractivity contribution in [2.24, 2.45) is 0 Å². The molecule has 0 bridgehead atoms. The first-order chi connectivity index (χ1) is 14.1. The van der Waals surface area contributed by atoms with E-state index in [-0.39, 0.29) is 24.0 Å². The van der Waals surface area contributed by atoms with Gasteiger partial charge in [0.2, 0.25) is 0 Å². The van der Waals surface area contributed by atoms with Crippen molar-refractivity contribution in [3.8, 4) is 5.75 Å². The quantitative estimate of drug-likeness (QED) is 0.513. The molecule has 0 radical (unpaired) electrons. The van der Waals surface area contributed by atoms with Crippen LogP contribution in [-0.4, -0.2) is 66.5 Å². The van der Waals surface area contributed by atoms with Crippen LogP contribution in [-0.2, 0) is 11.3 Å². The molecular formula is C21H26N4O4. The Balaban J connectivity index is 1.32. The molecule has 1 amide bonds. The van der Waals surface area contributed by atoms with Crippen LogP contribution >= 0.6 is 0 Å². The summed E-state index contributed by atoms with van der Waals surface area (Å²) in [6.45, 7) is 5.97. The number of carbonyl (C=O) groups excluding carboxylic acids is 1. The van der Waals surface area contributed by atoms with Gasteiger partial charge in [-0.05, 0) is 11.6 Å². The number of piperazine rings is 1. The zero-order chi connectivity index (χ0) is 20.5. The Labute approximate surface area is 170 Å². The summed E-state index contributed by atoms with van der Waals surface area (Å²) >= 11 is 0. The first-order valence-electron chi connectivity index (χ1n) is 9.73. The van der Waals surface area contributed by atoms with E-state index in [9.17, 15) is 14.9 Å². The van der Waals surface area contributed by atoms with E-state index in [0.717, 1.165) is 39.3 Å². The predicted molar refractivity (Wildman–Crippen MR) is 110 cm³/mol. The minimum atomic E-state index is -0.523. The van der Waals surface area contributed by atoms with Crippen molar-refractivity contribution in [1.29, 1.82) is 0 Å². The third-order valence-corrected chi connectivity index (χ3v) is 4.88. The number of rotatable bonds is 9. The second-order valence-corrected chi connectivity index (χ2v) is 6.97. The molecule has 2 aromatic carbocycles. The molecule has 2 aromatic rings. The average molecular weight is 398 g/mol. The Morgan fingerprint density at radius 2 is 1.66 bits per heavy atom. The largest absolute Gasteiger partial charge is 0.477 e. The van der Waals surface area contributed by atoms with Crippen LogP contribution in [0.4, 0.5) is 5.69 Å². The number of para-hydroxylation sites is 2. The molecule has 1 saturated heterocycles. The van der Waals surface area contributed by atoms with Crippen molar-refractivity contribution in [1.82, 2.24) is 15.1 Å². The van der Waals surface area contributed by atoms with Gasteiger partial charge in [0.05, 0.1) is 4.92 Å². The molecule has 1 heterocycles. The molecule has 1 fully saturated rings. The smallest absolute Gasteiger partial charge is 0.310 e. The standard InChI is InChI=1S/C21H26N4O4/c26-21(17-29-20-9-5-4-8-19(20)25(27)28)22-10-11-23-12-14-24(15-13-23)16-18-6-2-1-3-7-18/h1-9H,10-17H2,(H,22,26). The minimum Gasteiger partial charge on any atom is -0.477 e. The number of nitrogens with zero attached hydrogens (tertiary/aromatic N) is 3. The Morgan fingerprint density at radius 1 is 1.00 bits per heavy atom. The molecule has 0 unspecified atom stereocenters. The van der Waals surface area contributed by atoms with E-state index in [2.05, 4.69) is 39.4 Å². The summed E-state index contributed by atoms with van der Waals surface area (Å²) in [5.41, 5.74) is 1.18. The highest BCUT2D eigenvalue weighted by Gasteiger charge is 2.17. The van der Waals surface area contributed by atoms with Gasteiger partial charge >= 0.3 is 5.69 Å². The Hall–Kier alpha value is -2.97. The van der Waals surface area contributed by atoms with Crippen molar-refractivity contribution in [2.45, 2.75) is 6.54 Å². The maximum atomic E-state index is 12.0. The molecule has 1 aliphatic rings. The molecule has 0 aromatic heterocycles. The zero-order valence-electron chi connectivity index (χ0n) is 16.3. The number of nitro groups is 1. The highest BCUT2D eigenvalue weighted by Crippen LogP contribution is 2.25. The lowest BCUT2D eigenvalue weighted by Crippen LogP contribution is -2.48. The van der Waals surface area contributed by atoms with Gasteiger partial charge in [-0.2, -0.15) is 0 Å². The van der Waals surface area contributed by atoms with Gasteiger partial charge in [-0.15, -0.1) is 0 Å². The van der Waals surface area contributed by atoms with Crippen molar-refractivity contribution in [3.05, 3.63) is 70.3 Å². The van der Waals surface area contributed by atoms with Crippen LogP contribution in [0.1, 0.15) is 5.56 Å². The van der Waals surface area contributed by atoms with Gasteiger partial charge in [0.1, 0.15) is 0 Å². The number of carbonyl (C=O) groups is 1. The van der Waals surface area contributed by atoms with Crippen LogP contribution < -0.4 is 10.1 Å². The van der Waals surface area contributed by atoms with Crippen LogP contribution in [0.2, 0.25) is 0 Å². The number of benzene rings is 2. The molecule has 8 heteroatoms. The van der Waals surface area contributed by atoms with Crippen LogP contribution in [0.5, 0.6) is 5.75 Å². The maximum Gasteiger partial charge on any atom is 0.310 e. The molecule has 29 heavy (non-hydrogen) atoms. The van der Waals surface area contributed by atoms with E-state index < -0.39 is 4.92 Å². The van der Waals surface area contributed by atoms with Crippen LogP contribution in [0.25, 0.3) is 0 Å². The molecular weight excluding hydrogens is 372 g/mol. The second kappa shape index (κ2) is 10.5. The lowest BCUT2D eigenvalue weighted by atomic mass is 10.2. The lowest BCUT2D eigenvalue weighted by Gasteiger charge is -2.34. The summed E-state index contributed by atoms with van der Waals surface area (Å²) in [7, 11) is 0. The highest BCUT2D eigenvalue weighted by molar-refractivity contribution is 5.77. The molecule has 0 atom stereocenters. The third kappa shape index (κ3) is 6.55. The fourth-order valence-corrected chi connectivity index (χ4v) is 3.29. The van der Waals surface area contributed by atoms with Crippen LogP contribution in [0, 0.1) is 10.1 Å². The van der Waals surface area contributed by atoms with E-state index in [4.69, 9.17) is 4.74 Å². The summed E-state index contributed by atoms with van der Waals surface area (Å²) in [5.74, 6) is -0.187. The first-order valence-corrected chi connectivity index (χ1v) is 9.73. The maximum absolute atomic E-state index is 12.0. The summed E-state index contributed by atoms with van der Waals surface area (Å²) in [6, 6.07) is 16.5. The summed E-state index contributed by atoms with van der Waals surface area (Å²) in [6.07, 6.45) is 0. The minimum absolute atomic E-state index is 0.0992. The predicted octanol–water partition coefficient (Wildman–Crippen LogP) is 1.91. The highest BCUT2D eigenvalue weighted by atomic mass is 16.6. The van der Waals surface area contributed by atoms with Crippen molar-refractivity contribution in [2.75, 3.05) is 45.9 Å². The Kier molecular flexibility index (Phi) is 7.54. The van der Waals surface area contributed by atoms with Gasteiger partial charge in [-0.1, -0.05) is 42.5 Å². The first kappa shape index (κ1) is 20.8. The Morgan fingerprint density at radius 3 is 2.38 bits per heavy atom. The van der Waals surface area contributed by atoms with E-state index in [1.165, 1.54) is 17.7 Å². The van der Waals surface area contributed by atoms with Gasteiger partial charge in [0.15, 0.2) is 12.4 Å². The molecule has 154 valence electrons. The fourth-order valence-electron chi connectivity index (χ4n) is 3.29. The number of hydrogen-bond donors (Lipinski definition) is 1. The van der Waals surface area contributed by atoms with E-state index in [1.54, 1.807) is 12.1 Å². The number of amides is 1. The van der Waals surface area contributed by atoms with Crippen molar-refractivity contribution >= 4 is 11.6 Å². The van der Waals surface area contributed by atoms with E-state index in [1.807, 2.05) is 6.07 Å². The SMILES string of the molecule is O=C(COc1ccccc1[N+](=O)[O-])NCCN1CCN(Cc2ccccc2)CC1. The van der Waals surface area contributed by atoms with Gasteiger partial charge in [-0.25, -0.2) is 0 Å². The summed E-state index contributed by atoms with van der Waals surface area (Å²) in [4.78, 5) is 27.2. The molecule has 0 saturated carbocycles. The molecule has 0 aliphatic carbocycles. The van der Waals surface area contributed by atoms with Crippen LogP contribution in [0.15, 0.2) is 54.6 Å². The fraction of sp³-hybridized carbons (Fsp3) is 0.381. The number of hydrogen-bond acceptors (Lipinski definition) is 6. The van der Waals surface area contributed by atoms with E-state index >= 15 is 0 Å². The van der Waals surface area contributed by atoms with Gasteiger partial charge in [0.25, 0.3) is 5.91 Å². The second-order valence-electron chi connectivity index (χ2n) is 6.97. The van der Waals surface area contributed by atoms with Crippen LogP contribution in [0.3, 0.4) is 0 Å². The molecule has 3 rings (SSSR count). The van der Waals surface area contributed by atoms with Crippen molar-refractivity contribution in [3.63, 3.8) is 0 Å². The summed E-state index contributed by atoms with van der Waals surface area (Å²) in [5, 5.41) is 13.8. The third-order valence-electron chi connectivity index (χ3n) is 4.88. The molecule has 1 N–H and O–H groups in total. The Bertz CT molecular complexity index is 807. The number of nitro benzene ring substituents is 1. The number of ether oxygens (including phenoxy) is 1. The topological polar surface area (TPSA) is 87.9 Å². The lowest BCUT2D eigenvalue weighted by molar-refractivity contribution is -0.385. The molecule has 8 nitrogen and oxygen atoms in total. The molecule has 1 aliphatic heterocycles. The molecule has 0 spiro atoms. The normalized spacial score (nSPS) is 15.0. The summed E-state index contributed by atoms with van der Waals surface area (Å²) < 4.78 is 5.30. The monoisotopic (exact) mass is 398 g/mol. The number of nitrogens with one attached hydrogen (secondary N) is 1. The van der Waals surface area contributed by atoms with Gasteiger partial charge in [-0.3, -0.25) is 24.7 Å². The van der Waals surface area contributed by atoms with E-state index in [0.29, 0.717) is 6.54 Å².